The Labute approximate surface area is 243 Å². The highest BCUT2D eigenvalue weighted by Crippen LogP contribution is 2.36. The predicted molar refractivity (Wildman–Crippen MR) is 154 cm³/mol. The molecule has 0 aliphatic carbocycles. The minimum Gasteiger partial charge on any atom is -0.493 e. The van der Waals surface area contributed by atoms with E-state index in [1.165, 1.54) is 30.1 Å². The van der Waals surface area contributed by atoms with Gasteiger partial charge in [-0.25, -0.2) is 9.79 Å². The number of carbonyl (C=O) groups excluding carboxylic acids is 1. The highest BCUT2D eigenvalue weighted by atomic mass is 35.5. The molecule has 206 valence electrons. The van der Waals surface area contributed by atoms with Crippen LogP contribution in [0.5, 0.6) is 11.5 Å². The van der Waals surface area contributed by atoms with Crippen molar-refractivity contribution in [3.63, 3.8) is 0 Å². The Bertz CT molecular complexity index is 1840. The SMILES string of the molecule is CCOC(=O)C1=C(C)N=c2s/c(=C/c3ccc(-c4cccc(Cl)c4Cl)o3)c(=O)n2[C@H]1c1ccc(OC)c(OC)c1. The summed E-state index contributed by atoms with van der Waals surface area (Å²) in [5, 5.41) is 0.787. The van der Waals surface area contributed by atoms with E-state index in [1.807, 2.05) is 0 Å². The lowest BCUT2D eigenvalue weighted by atomic mass is 9.95. The summed E-state index contributed by atoms with van der Waals surface area (Å²) >= 11 is 13.7. The molecular formula is C29H24Cl2N2O6S. The molecule has 5 rings (SSSR count). The topological polar surface area (TPSA) is 92.3 Å². The van der Waals surface area contributed by atoms with Gasteiger partial charge < -0.3 is 18.6 Å². The summed E-state index contributed by atoms with van der Waals surface area (Å²) in [6.45, 7) is 3.63. The molecule has 0 radical (unpaired) electrons. The van der Waals surface area contributed by atoms with E-state index in [9.17, 15) is 9.59 Å². The van der Waals surface area contributed by atoms with Crippen LogP contribution in [0.3, 0.4) is 0 Å². The van der Waals surface area contributed by atoms with E-state index in [4.69, 9.17) is 41.8 Å². The van der Waals surface area contributed by atoms with Crippen LogP contribution in [0.25, 0.3) is 17.4 Å². The summed E-state index contributed by atoms with van der Waals surface area (Å²) in [5.41, 5.74) is 1.67. The molecule has 0 saturated heterocycles. The number of thiazole rings is 1. The summed E-state index contributed by atoms with van der Waals surface area (Å²) in [6.07, 6.45) is 1.64. The Hall–Kier alpha value is -3.79. The van der Waals surface area contributed by atoms with Crippen LogP contribution in [0.4, 0.5) is 0 Å². The van der Waals surface area contributed by atoms with Crippen molar-refractivity contribution < 1.29 is 23.4 Å². The van der Waals surface area contributed by atoms with Crippen molar-refractivity contribution in [2.45, 2.75) is 19.9 Å². The lowest BCUT2D eigenvalue weighted by Crippen LogP contribution is -2.39. The van der Waals surface area contributed by atoms with Crippen LogP contribution < -0.4 is 24.4 Å². The Morgan fingerprint density at radius 2 is 1.90 bits per heavy atom. The minimum atomic E-state index is -0.797. The molecule has 11 heteroatoms. The van der Waals surface area contributed by atoms with Crippen LogP contribution in [0.1, 0.15) is 31.2 Å². The second-order valence-electron chi connectivity index (χ2n) is 8.72. The Balaban J connectivity index is 1.66. The molecule has 0 bridgehead atoms. The van der Waals surface area contributed by atoms with Gasteiger partial charge in [0, 0.05) is 11.6 Å². The summed E-state index contributed by atoms with van der Waals surface area (Å²) < 4.78 is 24.1. The van der Waals surface area contributed by atoms with Crippen molar-refractivity contribution in [3.8, 4) is 22.8 Å². The first-order valence-corrected chi connectivity index (χ1v) is 13.8. The molecule has 0 saturated carbocycles. The number of rotatable bonds is 7. The number of benzene rings is 2. The van der Waals surface area contributed by atoms with Gasteiger partial charge in [0.05, 0.1) is 52.7 Å². The maximum atomic E-state index is 13.9. The molecule has 8 nitrogen and oxygen atoms in total. The average molecular weight is 599 g/mol. The van der Waals surface area contributed by atoms with Crippen LogP contribution >= 0.6 is 34.5 Å². The normalized spacial score (nSPS) is 15.1. The Kier molecular flexibility index (Phi) is 7.89. The van der Waals surface area contributed by atoms with E-state index in [2.05, 4.69) is 4.99 Å². The van der Waals surface area contributed by atoms with Crippen molar-refractivity contribution in [1.82, 2.24) is 4.57 Å². The second-order valence-corrected chi connectivity index (χ2v) is 10.5. The summed E-state index contributed by atoms with van der Waals surface area (Å²) in [6, 6.07) is 13.2. The van der Waals surface area contributed by atoms with Gasteiger partial charge in [-0.15, -0.1) is 0 Å². The molecule has 2 aromatic carbocycles. The second kappa shape index (κ2) is 11.4. The lowest BCUT2D eigenvalue weighted by Gasteiger charge is -2.25. The minimum absolute atomic E-state index is 0.177. The summed E-state index contributed by atoms with van der Waals surface area (Å²) in [7, 11) is 3.06. The predicted octanol–water partition coefficient (Wildman–Crippen LogP) is 5.38. The van der Waals surface area contributed by atoms with E-state index in [0.29, 0.717) is 59.2 Å². The molecule has 1 aliphatic heterocycles. The van der Waals surface area contributed by atoms with Gasteiger partial charge in [0.1, 0.15) is 11.5 Å². The third-order valence-corrected chi connectivity index (χ3v) is 8.16. The largest absolute Gasteiger partial charge is 0.493 e. The fourth-order valence-corrected chi connectivity index (χ4v) is 5.95. The van der Waals surface area contributed by atoms with Crippen LogP contribution in [-0.2, 0) is 9.53 Å². The molecule has 0 unspecified atom stereocenters. The molecule has 0 N–H and O–H groups in total. The van der Waals surface area contributed by atoms with Crippen molar-refractivity contribution in [3.05, 3.63) is 101 Å². The number of carbonyl (C=O) groups is 1. The van der Waals surface area contributed by atoms with Gasteiger partial charge in [-0.1, -0.05) is 46.7 Å². The molecule has 0 amide bonds. The molecule has 0 fully saturated rings. The Morgan fingerprint density at radius 1 is 1.12 bits per heavy atom. The quantitative estimate of drug-likeness (QED) is 0.265. The van der Waals surface area contributed by atoms with Gasteiger partial charge in [-0.3, -0.25) is 9.36 Å². The van der Waals surface area contributed by atoms with Crippen LogP contribution in [0, 0.1) is 0 Å². The van der Waals surface area contributed by atoms with Crippen LogP contribution in [-0.4, -0.2) is 31.4 Å². The van der Waals surface area contributed by atoms with E-state index in [1.54, 1.807) is 68.5 Å². The zero-order valence-corrected chi connectivity index (χ0v) is 24.3. The van der Waals surface area contributed by atoms with Gasteiger partial charge in [0.25, 0.3) is 5.56 Å². The number of hydrogen-bond donors (Lipinski definition) is 0. The van der Waals surface area contributed by atoms with Crippen molar-refractivity contribution in [2.75, 3.05) is 20.8 Å². The fourth-order valence-electron chi connectivity index (χ4n) is 4.53. The highest BCUT2D eigenvalue weighted by molar-refractivity contribution is 7.07. The maximum absolute atomic E-state index is 13.9. The van der Waals surface area contributed by atoms with E-state index in [0.717, 1.165) is 0 Å². The number of hydrogen-bond acceptors (Lipinski definition) is 8. The van der Waals surface area contributed by atoms with Crippen molar-refractivity contribution in [2.24, 2.45) is 4.99 Å². The van der Waals surface area contributed by atoms with E-state index < -0.39 is 12.0 Å². The smallest absolute Gasteiger partial charge is 0.338 e. The van der Waals surface area contributed by atoms with Gasteiger partial charge in [0.15, 0.2) is 16.3 Å². The maximum Gasteiger partial charge on any atom is 0.338 e. The standard InChI is InChI=1S/C29H24Cl2N2O6S/c1-5-38-28(35)24-15(2)32-29-33(26(24)16-9-11-21(36-3)22(13-16)37-4)27(34)23(40-29)14-17-10-12-20(39-17)18-7-6-8-19(30)25(18)31/h6-14,26H,5H2,1-4H3/b23-14+/t26-/m0/s1. The number of methoxy groups -OCH3 is 2. The number of fused-ring (bicyclic) bond motifs is 1. The van der Waals surface area contributed by atoms with E-state index in [-0.39, 0.29) is 17.7 Å². The van der Waals surface area contributed by atoms with E-state index >= 15 is 0 Å². The number of esters is 1. The van der Waals surface area contributed by atoms with Crippen molar-refractivity contribution >= 4 is 46.6 Å². The first-order valence-electron chi connectivity index (χ1n) is 12.2. The van der Waals surface area contributed by atoms with Gasteiger partial charge in [0.2, 0.25) is 0 Å². The fraction of sp³-hybridized carbons (Fsp3) is 0.207. The number of allylic oxidation sites excluding steroid dienone is 1. The Morgan fingerprint density at radius 3 is 2.62 bits per heavy atom. The first kappa shape index (κ1) is 27.8. The number of nitrogens with zero attached hydrogens (tertiary/aromatic N) is 2. The molecule has 40 heavy (non-hydrogen) atoms. The number of ether oxygens (including phenoxy) is 3. The van der Waals surface area contributed by atoms with Gasteiger partial charge in [-0.2, -0.15) is 0 Å². The average Bonchev–Trinajstić information content (AvgIpc) is 3.53. The number of aromatic nitrogens is 1. The van der Waals surface area contributed by atoms with Crippen molar-refractivity contribution in [1.29, 1.82) is 0 Å². The van der Waals surface area contributed by atoms with Crippen LogP contribution in [0.15, 0.2) is 74.0 Å². The molecule has 1 atom stereocenters. The third-order valence-electron chi connectivity index (χ3n) is 6.36. The first-order chi connectivity index (χ1) is 19.3. The monoisotopic (exact) mass is 598 g/mol. The zero-order chi connectivity index (χ0) is 28.6. The molecule has 2 aromatic heterocycles. The molecule has 1 aliphatic rings. The highest BCUT2D eigenvalue weighted by Gasteiger charge is 2.34. The molecule has 4 aromatic rings. The summed E-state index contributed by atoms with van der Waals surface area (Å²) in [5.74, 6) is 1.38. The zero-order valence-electron chi connectivity index (χ0n) is 22.0. The third kappa shape index (κ3) is 4.96. The van der Waals surface area contributed by atoms with Crippen LogP contribution in [0.2, 0.25) is 10.0 Å². The van der Waals surface area contributed by atoms with Gasteiger partial charge in [-0.05, 0) is 55.8 Å². The van der Waals surface area contributed by atoms with Gasteiger partial charge >= 0.3 is 5.97 Å². The lowest BCUT2D eigenvalue weighted by molar-refractivity contribution is -0.139. The molecule has 0 spiro atoms. The molecule has 3 heterocycles. The summed E-state index contributed by atoms with van der Waals surface area (Å²) in [4.78, 5) is 32.0. The number of halogens is 2. The molecular weight excluding hydrogens is 575 g/mol. The number of furan rings is 1.